The summed E-state index contributed by atoms with van der Waals surface area (Å²) in [7, 11) is 0. The molecule has 0 atom stereocenters. The number of aryl methyl sites for hydroxylation is 1. The molecule has 0 amide bonds. The van der Waals surface area contributed by atoms with Crippen molar-refractivity contribution in [3.63, 3.8) is 0 Å². The predicted octanol–water partition coefficient (Wildman–Crippen LogP) is 4.39. The van der Waals surface area contributed by atoms with Crippen LogP contribution in [0.1, 0.15) is 56.0 Å². The molecule has 1 aliphatic rings. The van der Waals surface area contributed by atoms with Crippen LogP contribution in [-0.4, -0.2) is 15.5 Å². The summed E-state index contributed by atoms with van der Waals surface area (Å²) in [5.41, 5.74) is 0.785. The van der Waals surface area contributed by atoms with E-state index in [-0.39, 0.29) is 5.69 Å². The van der Waals surface area contributed by atoms with E-state index in [9.17, 15) is 13.2 Å². The van der Waals surface area contributed by atoms with Crippen LogP contribution >= 0.6 is 0 Å². The Balaban J connectivity index is 1.94. The van der Waals surface area contributed by atoms with E-state index in [1.807, 2.05) is 6.92 Å². The van der Waals surface area contributed by atoms with Gasteiger partial charge < -0.3 is 0 Å². The van der Waals surface area contributed by atoms with Crippen molar-refractivity contribution in [2.24, 2.45) is 5.92 Å². The van der Waals surface area contributed by atoms with Crippen molar-refractivity contribution < 1.29 is 17.9 Å². The van der Waals surface area contributed by atoms with Crippen molar-refractivity contribution in [1.82, 2.24) is 15.5 Å². The van der Waals surface area contributed by atoms with Crippen molar-refractivity contribution in [3.8, 4) is 5.69 Å². The molecule has 1 aliphatic carbocycles. The number of aromatic amines is 1. The van der Waals surface area contributed by atoms with Gasteiger partial charge in [-0.15, -0.1) is 4.68 Å². The molecule has 0 saturated heterocycles. The SMILES string of the molecule is C/C(=C\CC1CCCC1)c1ccc(-[n+]2[nH]nnc2C)c(C(F)(F)F)c1. The fraction of sp³-hybridized carbons (Fsp3) is 0.500. The third-order valence-corrected chi connectivity index (χ3v) is 4.89. The normalized spacial score (nSPS) is 16.6. The average molecular weight is 351 g/mol. The van der Waals surface area contributed by atoms with Crippen LogP contribution in [0.4, 0.5) is 13.2 Å². The zero-order valence-corrected chi connectivity index (χ0v) is 14.4. The smallest absolute Gasteiger partial charge is 0.166 e. The number of benzene rings is 1. The molecule has 1 fully saturated rings. The molecule has 134 valence electrons. The van der Waals surface area contributed by atoms with E-state index < -0.39 is 11.7 Å². The van der Waals surface area contributed by atoms with Gasteiger partial charge in [-0.05, 0) is 42.5 Å². The Bertz CT molecular complexity index is 771. The summed E-state index contributed by atoms with van der Waals surface area (Å²) >= 11 is 0. The van der Waals surface area contributed by atoms with Crippen molar-refractivity contribution in [3.05, 3.63) is 41.2 Å². The van der Waals surface area contributed by atoms with Gasteiger partial charge >= 0.3 is 12.0 Å². The highest BCUT2D eigenvalue weighted by Gasteiger charge is 2.36. The molecule has 1 aromatic carbocycles. The summed E-state index contributed by atoms with van der Waals surface area (Å²) in [4.78, 5) is 0. The number of nitrogens with zero attached hydrogens (tertiary/aromatic N) is 3. The molecule has 2 aromatic rings. The third-order valence-electron chi connectivity index (χ3n) is 4.89. The molecule has 1 heterocycles. The van der Waals surface area contributed by atoms with E-state index in [0.717, 1.165) is 12.0 Å². The summed E-state index contributed by atoms with van der Waals surface area (Å²) in [6.07, 6.45) is 3.52. The number of allylic oxidation sites excluding steroid dienone is 2. The highest BCUT2D eigenvalue weighted by molar-refractivity contribution is 5.65. The van der Waals surface area contributed by atoms with Gasteiger partial charge in [-0.1, -0.05) is 43.0 Å². The summed E-state index contributed by atoms with van der Waals surface area (Å²) in [5, 5.41) is 9.77. The first-order valence-corrected chi connectivity index (χ1v) is 8.54. The third kappa shape index (κ3) is 3.91. The summed E-state index contributed by atoms with van der Waals surface area (Å²) in [5.74, 6) is 1.04. The minimum atomic E-state index is -4.46. The second-order valence-electron chi connectivity index (χ2n) is 6.69. The van der Waals surface area contributed by atoms with Crippen LogP contribution < -0.4 is 4.68 Å². The minimum absolute atomic E-state index is 0.00217. The van der Waals surface area contributed by atoms with E-state index in [1.165, 1.54) is 42.5 Å². The summed E-state index contributed by atoms with van der Waals surface area (Å²) in [6.45, 7) is 3.48. The second kappa shape index (κ2) is 6.98. The molecule has 0 radical (unpaired) electrons. The Kier molecular flexibility index (Phi) is 4.92. The van der Waals surface area contributed by atoms with Crippen molar-refractivity contribution >= 4 is 5.57 Å². The Labute approximate surface area is 144 Å². The van der Waals surface area contributed by atoms with E-state index in [0.29, 0.717) is 17.3 Å². The molecule has 1 saturated carbocycles. The lowest BCUT2D eigenvalue weighted by Gasteiger charge is -2.13. The summed E-state index contributed by atoms with van der Waals surface area (Å²) < 4.78 is 41.9. The first-order valence-electron chi connectivity index (χ1n) is 8.54. The van der Waals surface area contributed by atoms with E-state index in [2.05, 4.69) is 21.6 Å². The molecular weight excluding hydrogens is 329 g/mol. The fourth-order valence-electron chi connectivity index (χ4n) is 3.40. The van der Waals surface area contributed by atoms with Gasteiger partial charge in [0.15, 0.2) is 5.21 Å². The number of alkyl halides is 3. The van der Waals surface area contributed by atoms with Gasteiger partial charge in [-0.25, -0.2) is 0 Å². The molecule has 0 aliphatic heterocycles. The van der Waals surface area contributed by atoms with Crippen LogP contribution in [0.2, 0.25) is 0 Å². The number of halogens is 3. The first kappa shape index (κ1) is 17.6. The maximum atomic E-state index is 13.6. The first-order chi connectivity index (χ1) is 11.9. The van der Waals surface area contributed by atoms with Gasteiger partial charge in [0.2, 0.25) is 0 Å². The number of nitrogens with one attached hydrogen (secondary N) is 1. The topological polar surface area (TPSA) is 45.5 Å². The number of hydrogen-bond donors (Lipinski definition) is 1. The largest absolute Gasteiger partial charge is 0.419 e. The van der Waals surface area contributed by atoms with Gasteiger partial charge in [0.1, 0.15) is 10.8 Å². The second-order valence-corrected chi connectivity index (χ2v) is 6.69. The lowest BCUT2D eigenvalue weighted by Crippen LogP contribution is -2.38. The number of hydrogen-bond acceptors (Lipinski definition) is 2. The Hall–Kier alpha value is -2.18. The molecule has 1 N–H and O–H groups in total. The Morgan fingerprint density at radius 2 is 2.04 bits per heavy atom. The van der Waals surface area contributed by atoms with Crippen molar-refractivity contribution in [2.45, 2.75) is 52.1 Å². The monoisotopic (exact) mass is 351 g/mol. The molecule has 7 heteroatoms. The zero-order valence-electron chi connectivity index (χ0n) is 14.4. The zero-order chi connectivity index (χ0) is 18.0. The van der Waals surface area contributed by atoms with Crippen LogP contribution in [0, 0.1) is 12.8 Å². The van der Waals surface area contributed by atoms with Crippen LogP contribution in [0.25, 0.3) is 11.3 Å². The van der Waals surface area contributed by atoms with Gasteiger partial charge in [0.05, 0.1) is 5.56 Å². The van der Waals surface area contributed by atoms with Crippen LogP contribution in [0.15, 0.2) is 24.3 Å². The maximum absolute atomic E-state index is 13.6. The molecule has 1 aromatic heterocycles. The number of aromatic nitrogens is 4. The Morgan fingerprint density at radius 3 is 2.64 bits per heavy atom. The number of rotatable bonds is 4. The van der Waals surface area contributed by atoms with Crippen LogP contribution in [0.3, 0.4) is 0 Å². The molecule has 25 heavy (non-hydrogen) atoms. The van der Waals surface area contributed by atoms with E-state index >= 15 is 0 Å². The Morgan fingerprint density at radius 1 is 1.32 bits per heavy atom. The van der Waals surface area contributed by atoms with E-state index in [1.54, 1.807) is 13.0 Å². The quantitative estimate of drug-likeness (QED) is 0.830. The van der Waals surface area contributed by atoms with Gasteiger partial charge in [-0.3, -0.25) is 0 Å². The van der Waals surface area contributed by atoms with Crippen LogP contribution in [0.5, 0.6) is 0 Å². The van der Waals surface area contributed by atoms with E-state index in [4.69, 9.17) is 0 Å². The lowest BCUT2D eigenvalue weighted by molar-refractivity contribution is -0.667. The predicted molar refractivity (Wildman–Crippen MR) is 87.9 cm³/mol. The standard InChI is InChI=1S/C18H21F3N4/c1-12(7-8-14-5-3-4-6-14)15-9-10-17(16(11-15)18(19,20)21)25-13(2)22-23-24-25/h7,9-11,14H,3-6,8H2,1-2H3/p+1/b12-7+. The highest BCUT2D eigenvalue weighted by Crippen LogP contribution is 2.35. The lowest BCUT2D eigenvalue weighted by atomic mass is 9.98. The molecule has 4 nitrogen and oxygen atoms in total. The molecule has 0 spiro atoms. The maximum Gasteiger partial charge on any atom is 0.419 e. The van der Waals surface area contributed by atoms with Gasteiger partial charge in [0, 0.05) is 6.92 Å². The fourth-order valence-corrected chi connectivity index (χ4v) is 3.40. The molecule has 0 unspecified atom stereocenters. The summed E-state index contributed by atoms with van der Waals surface area (Å²) in [6, 6.07) is 4.40. The minimum Gasteiger partial charge on any atom is -0.166 e. The van der Waals surface area contributed by atoms with Gasteiger partial charge in [0.25, 0.3) is 0 Å². The van der Waals surface area contributed by atoms with Crippen molar-refractivity contribution in [1.29, 1.82) is 0 Å². The van der Waals surface area contributed by atoms with Crippen LogP contribution in [-0.2, 0) is 6.18 Å². The highest BCUT2D eigenvalue weighted by atomic mass is 19.4. The molecule has 0 bridgehead atoms. The number of H-pyrrole nitrogens is 1. The molecular formula is C18H22F3N4+. The number of tetrazole rings is 1. The van der Waals surface area contributed by atoms with Gasteiger partial charge in [-0.2, -0.15) is 13.2 Å². The average Bonchev–Trinajstić information content (AvgIpc) is 3.22. The molecule has 3 rings (SSSR count). The van der Waals surface area contributed by atoms with Crippen molar-refractivity contribution in [2.75, 3.05) is 0 Å².